The number of benzene rings is 1. The zero-order chi connectivity index (χ0) is 13.5. The number of aliphatic hydroxyl groups excluding tert-OH is 1. The molecule has 2 heteroatoms. The lowest BCUT2D eigenvalue weighted by Gasteiger charge is -2.20. The minimum absolute atomic E-state index is 0.513. The molecule has 2 nitrogen and oxygen atoms in total. The maximum absolute atomic E-state index is 10.6. The SMILES string of the molecule is CCOc1ccccc1C(O)/C1=C/CCCCCC1. The van der Waals surface area contributed by atoms with Crippen LogP contribution in [-0.4, -0.2) is 11.7 Å². The molecule has 0 heterocycles. The number of ether oxygens (including phenoxy) is 1. The van der Waals surface area contributed by atoms with Gasteiger partial charge in [-0.1, -0.05) is 37.1 Å². The van der Waals surface area contributed by atoms with Crippen molar-refractivity contribution in [3.63, 3.8) is 0 Å². The summed E-state index contributed by atoms with van der Waals surface area (Å²) in [7, 11) is 0. The van der Waals surface area contributed by atoms with Crippen molar-refractivity contribution in [1.82, 2.24) is 0 Å². The van der Waals surface area contributed by atoms with Gasteiger partial charge in [0.1, 0.15) is 11.9 Å². The highest BCUT2D eigenvalue weighted by Gasteiger charge is 2.17. The fourth-order valence-corrected chi connectivity index (χ4v) is 2.66. The second-order valence-corrected chi connectivity index (χ2v) is 5.11. The Morgan fingerprint density at radius 1 is 1.16 bits per heavy atom. The minimum Gasteiger partial charge on any atom is -0.493 e. The minimum atomic E-state index is -0.513. The Kier molecular flexibility index (Phi) is 5.46. The topological polar surface area (TPSA) is 29.5 Å². The van der Waals surface area contributed by atoms with Gasteiger partial charge in [-0.3, -0.25) is 0 Å². The first-order chi connectivity index (χ1) is 9.33. The Hall–Kier alpha value is -1.28. The average Bonchev–Trinajstić information content (AvgIpc) is 2.39. The standard InChI is InChI=1S/C17H24O2/c1-2-19-16-13-9-8-12-15(16)17(18)14-10-6-4-3-5-7-11-14/h8-10,12-13,17-18H,2-7,11H2,1H3/b14-10+. The van der Waals surface area contributed by atoms with Gasteiger partial charge in [0.2, 0.25) is 0 Å². The van der Waals surface area contributed by atoms with Crippen molar-refractivity contribution >= 4 is 0 Å². The lowest BCUT2D eigenvalue weighted by molar-refractivity contribution is 0.201. The Morgan fingerprint density at radius 2 is 1.95 bits per heavy atom. The third-order valence-corrected chi connectivity index (χ3v) is 3.69. The molecular formula is C17H24O2. The van der Waals surface area contributed by atoms with Crippen LogP contribution in [0.25, 0.3) is 0 Å². The van der Waals surface area contributed by atoms with Gasteiger partial charge >= 0.3 is 0 Å². The van der Waals surface area contributed by atoms with Crippen molar-refractivity contribution in [1.29, 1.82) is 0 Å². The van der Waals surface area contributed by atoms with Crippen molar-refractivity contribution < 1.29 is 9.84 Å². The molecule has 1 N–H and O–H groups in total. The van der Waals surface area contributed by atoms with E-state index in [-0.39, 0.29) is 0 Å². The van der Waals surface area contributed by atoms with Gasteiger partial charge in [0, 0.05) is 5.56 Å². The van der Waals surface area contributed by atoms with Crippen LogP contribution in [0, 0.1) is 0 Å². The van der Waals surface area contributed by atoms with Crippen LogP contribution in [0.4, 0.5) is 0 Å². The zero-order valence-corrected chi connectivity index (χ0v) is 11.8. The fraction of sp³-hybridized carbons (Fsp3) is 0.529. The second-order valence-electron chi connectivity index (χ2n) is 5.11. The zero-order valence-electron chi connectivity index (χ0n) is 11.8. The first-order valence-electron chi connectivity index (χ1n) is 7.41. The van der Waals surface area contributed by atoms with Gasteiger partial charge in [0.25, 0.3) is 0 Å². The number of hydrogen-bond acceptors (Lipinski definition) is 2. The third-order valence-electron chi connectivity index (χ3n) is 3.69. The summed E-state index contributed by atoms with van der Waals surface area (Å²) in [4.78, 5) is 0. The Morgan fingerprint density at radius 3 is 2.79 bits per heavy atom. The smallest absolute Gasteiger partial charge is 0.125 e. The molecule has 0 aliphatic heterocycles. The molecule has 0 saturated carbocycles. The molecule has 0 spiro atoms. The second kappa shape index (κ2) is 7.34. The summed E-state index contributed by atoms with van der Waals surface area (Å²) in [5.74, 6) is 0.806. The summed E-state index contributed by atoms with van der Waals surface area (Å²) in [5.41, 5.74) is 2.06. The van der Waals surface area contributed by atoms with Crippen LogP contribution < -0.4 is 4.74 Å². The highest BCUT2D eigenvalue weighted by atomic mass is 16.5. The first-order valence-corrected chi connectivity index (χ1v) is 7.41. The van der Waals surface area contributed by atoms with E-state index < -0.39 is 6.10 Å². The van der Waals surface area contributed by atoms with Crippen LogP contribution in [0.15, 0.2) is 35.9 Å². The van der Waals surface area contributed by atoms with Gasteiger partial charge in [-0.05, 0) is 44.2 Å². The lowest BCUT2D eigenvalue weighted by Crippen LogP contribution is -2.06. The molecule has 1 aromatic rings. The average molecular weight is 260 g/mol. The molecule has 1 aliphatic rings. The summed E-state index contributed by atoms with van der Waals surface area (Å²) in [5, 5.41) is 10.6. The van der Waals surface area contributed by atoms with Crippen molar-refractivity contribution in [2.75, 3.05) is 6.61 Å². The summed E-state index contributed by atoms with van der Waals surface area (Å²) in [6.07, 6.45) is 8.81. The highest BCUT2D eigenvalue weighted by molar-refractivity contribution is 5.39. The van der Waals surface area contributed by atoms with Crippen LogP contribution in [0.5, 0.6) is 5.75 Å². The van der Waals surface area contributed by atoms with Crippen molar-refractivity contribution in [2.24, 2.45) is 0 Å². The van der Waals surface area contributed by atoms with Gasteiger partial charge in [0.15, 0.2) is 0 Å². The van der Waals surface area contributed by atoms with Crippen molar-refractivity contribution in [3.05, 3.63) is 41.5 Å². The van der Waals surface area contributed by atoms with Crippen molar-refractivity contribution in [3.8, 4) is 5.75 Å². The quantitative estimate of drug-likeness (QED) is 0.813. The largest absolute Gasteiger partial charge is 0.493 e. The predicted octanol–water partition coefficient (Wildman–Crippen LogP) is 4.40. The lowest BCUT2D eigenvalue weighted by atomic mass is 9.92. The van der Waals surface area contributed by atoms with Gasteiger partial charge in [0.05, 0.1) is 6.61 Å². The molecule has 0 fully saturated rings. The molecule has 2 rings (SSSR count). The van der Waals surface area contributed by atoms with Gasteiger partial charge in [-0.25, -0.2) is 0 Å². The van der Waals surface area contributed by atoms with Crippen LogP contribution in [0.1, 0.15) is 57.1 Å². The van der Waals surface area contributed by atoms with E-state index in [1.165, 1.54) is 25.7 Å². The number of para-hydroxylation sites is 1. The molecule has 0 bridgehead atoms. The molecular weight excluding hydrogens is 236 g/mol. The Labute approximate surface area is 116 Å². The first kappa shape index (κ1) is 14.1. The van der Waals surface area contributed by atoms with E-state index in [0.29, 0.717) is 6.61 Å². The number of aliphatic hydroxyl groups is 1. The number of hydrogen-bond donors (Lipinski definition) is 1. The van der Waals surface area contributed by atoms with E-state index in [1.807, 2.05) is 31.2 Å². The third kappa shape index (κ3) is 3.84. The van der Waals surface area contributed by atoms with E-state index in [2.05, 4.69) is 6.08 Å². The monoisotopic (exact) mass is 260 g/mol. The van der Waals surface area contributed by atoms with E-state index in [4.69, 9.17) is 4.74 Å². The molecule has 0 radical (unpaired) electrons. The van der Waals surface area contributed by atoms with Crippen molar-refractivity contribution in [2.45, 2.75) is 51.6 Å². The fourth-order valence-electron chi connectivity index (χ4n) is 2.66. The molecule has 1 aromatic carbocycles. The molecule has 19 heavy (non-hydrogen) atoms. The molecule has 104 valence electrons. The maximum atomic E-state index is 10.6. The van der Waals surface area contributed by atoms with Gasteiger partial charge < -0.3 is 9.84 Å². The van der Waals surface area contributed by atoms with Crippen LogP contribution in [0.2, 0.25) is 0 Å². The molecule has 0 saturated heterocycles. The number of rotatable bonds is 4. The summed E-state index contributed by atoms with van der Waals surface area (Å²) in [6, 6.07) is 7.82. The normalized spacial score (nSPS) is 20.8. The molecule has 1 aliphatic carbocycles. The van der Waals surface area contributed by atoms with Crippen LogP contribution in [0.3, 0.4) is 0 Å². The van der Waals surface area contributed by atoms with Crippen LogP contribution in [-0.2, 0) is 0 Å². The van der Waals surface area contributed by atoms with Gasteiger partial charge in [-0.2, -0.15) is 0 Å². The molecule has 0 amide bonds. The summed E-state index contributed by atoms with van der Waals surface area (Å²) < 4.78 is 5.62. The summed E-state index contributed by atoms with van der Waals surface area (Å²) >= 11 is 0. The molecule has 0 aromatic heterocycles. The number of allylic oxidation sites excluding steroid dienone is 1. The summed E-state index contributed by atoms with van der Waals surface area (Å²) in [6.45, 7) is 2.60. The van der Waals surface area contributed by atoms with Crippen LogP contribution >= 0.6 is 0 Å². The molecule has 1 atom stereocenters. The van der Waals surface area contributed by atoms with E-state index >= 15 is 0 Å². The Bertz CT molecular complexity index is 423. The highest BCUT2D eigenvalue weighted by Crippen LogP contribution is 2.33. The Balaban J connectivity index is 2.19. The molecule has 1 unspecified atom stereocenters. The van der Waals surface area contributed by atoms with E-state index in [1.54, 1.807) is 0 Å². The predicted molar refractivity (Wildman–Crippen MR) is 78.4 cm³/mol. The van der Waals surface area contributed by atoms with Gasteiger partial charge in [-0.15, -0.1) is 0 Å². The van der Waals surface area contributed by atoms with E-state index in [0.717, 1.165) is 29.7 Å². The maximum Gasteiger partial charge on any atom is 0.125 e. The van der Waals surface area contributed by atoms with E-state index in [9.17, 15) is 5.11 Å².